The highest BCUT2D eigenvalue weighted by atomic mass is 16.5. The zero-order valence-corrected chi connectivity index (χ0v) is 17.2. The van der Waals surface area contributed by atoms with Crippen LogP contribution in [0.1, 0.15) is 28.2 Å². The number of ether oxygens (including phenoxy) is 2. The smallest absolute Gasteiger partial charge is 0.338 e. The van der Waals surface area contributed by atoms with Gasteiger partial charge < -0.3 is 14.8 Å². The highest BCUT2D eigenvalue weighted by Gasteiger charge is 2.18. The summed E-state index contributed by atoms with van der Waals surface area (Å²) in [5.41, 5.74) is 1.70. The molecule has 160 valence electrons. The van der Waals surface area contributed by atoms with Crippen LogP contribution in [-0.4, -0.2) is 41.7 Å². The Morgan fingerprint density at radius 2 is 1.97 bits per heavy atom. The molecule has 1 aromatic heterocycles. The van der Waals surface area contributed by atoms with E-state index in [1.54, 1.807) is 23.8 Å². The zero-order valence-electron chi connectivity index (χ0n) is 17.2. The van der Waals surface area contributed by atoms with Crippen molar-refractivity contribution in [3.8, 4) is 5.75 Å². The fraction of sp³-hybridized carbons (Fsp3) is 0.304. The van der Waals surface area contributed by atoms with Gasteiger partial charge in [-0.25, -0.2) is 9.78 Å². The van der Waals surface area contributed by atoms with Gasteiger partial charge in [0.05, 0.1) is 23.6 Å². The summed E-state index contributed by atoms with van der Waals surface area (Å²) >= 11 is 0. The van der Waals surface area contributed by atoms with Crippen molar-refractivity contribution in [2.24, 2.45) is 0 Å². The SMILES string of the molecule is COc1ccc(CCNC(=O)COC(=O)c2ccc3c(=O)n4c(nc3c2)CCC4)cc1. The summed E-state index contributed by atoms with van der Waals surface area (Å²) < 4.78 is 11.9. The molecular weight excluding hydrogens is 398 g/mol. The number of carbonyl (C=O) groups is 2. The Balaban J connectivity index is 1.30. The maximum atomic E-state index is 12.5. The Morgan fingerprint density at radius 1 is 1.16 bits per heavy atom. The summed E-state index contributed by atoms with van der Waals surface area (Å²) in [6.45, 7) is 0.728. The molecule has 1 amide bonds. The second-order valence-electron chi connectivity index (χ2n) is 7.34. The Labute approximate surface area is 178 Å². The van der Waals surface area contributed by atoms with E-state index in [4.69, 9.17) is 9.47 Å². The summed E-state index contributed by atoms with van der Waals surface area (Å²) in [6, 6.07) is 12.2. The van der Waals surface area contributed by atoms with Crippen molar-refractivity contribution in [3.05, 3.63) is 69.8 Å². The highest BCUT2D eigenvalue weighted by Crippen LogP contribution is 2.16. The van der Waals surface area contributed by atoms with Crippen molar-refractivity contribution in [2.45, 2.75) is 25.8 Å². The van der Waals surface area contributed by atoms with Gasteiger partial charge in [-0.3, -0.25) is 14.2 Å². The van der Waals surface area contributed by atoms with Crippen LogP contribution < -0.4 is 15.6 Å². The normalized spacial score (nSPS) is 12.4. The van der Waals surface area contributed by atoms with Gasteiger partial charge in [0, 0.05) is 19.5 Å². The first-order valence-corrected chi connectivity index (χ1v) is 10.2. The number of carbonyl (C=O) groups excluding carboxylic acids is 2. The maximum Gasteiger partial charge on any atom is 0.338 e. The Morgan fingerprint density at radius 3 is 2.74 bits per heavy atom. The second kappa shape index (κ2) is 8.99. The molecule has 8 heteroatoms. The average Bonchev–Trinajstić information content (AvgIpc) is 3.26. The number of hydrogen-bond donors (Lipinski definition) is 1. The molecule has 0 aliphatic carbocycles. The molecule has 1 aliphatic heterocycles. The number of rotatable bonds is 7. The van der Waals surface area contributed by atoms with Crippen molar-refractivity contribution in [3.63, 3.8) is 0 Å². The maximum absolute atomic E-state index is 12.5. The third-order valence-electron chi connectivity index (χ3n) is 5.28. The van der Waals surface area contributed by atoms with Crippen LogP contribution in [0.2, 0.25) is 0 Å². The van der Waals surface area contributed by atoms with Crippen LogP contribution >= 0.6 is 0 Å². The molecule has 0 saturated heterocycles. The van der Waals surface area contributed by atoms with Gasteiger partial charge in [0.15, 0.2) is 6.61 Å². The number of fused-ring (bicyclic) bond motifs is 2. The van der Waals surface area contributed by atoms with Gasteiger partial charge in [-0.05, 0) is 48.7 Å². The average molecular weight is 421 g/mol. The zero-order chi connectivity index (χ0) is 21.8. The predicted molar refractivity (Wildman–Crippen MR) is 114 cm³/mol. The number of aryl methyl sites for hydroxylation is 1. The van der Waals surface area contributed by atoms with E-state index < -0.39 is 5.97 Å². The van der Waals surface area contributed by atoms with Gasteiger partial charge in [-0.15, -0.1) is 0 Å². The van der Waals surface area contributed by atoms with Gasteiger partial charge in [-0.2, -0.15) is 0 Å². The number of esters is 1. The van der Waals surface area contributed by atoms with Crippen molar-refractivity contribution in [2.75, 3.05) is 20.3 Å². The molecule has 1 N–H and O–H groups in total. The third-order valence-corrected chi connectivity index (χ3v) is 5.28. The van der Waals surface area contributed by atoms with Gasteiger partial charge in [0.2, 0.25) is 0 Å². The number of benzene rings is 2. The number of aromatic nitrogens is 2. The van der Waals surface area contributed by atoms with E-state index in [9.17, 15) is 14.4 Å². The van der Waals surface area contributed by atoms with Crippen LogP contribution in [0.4, 0.5) is 0 Å². The molecule has 4 rings (SSSR count). The van der Waals surface area contributed by atoms with E-state index >= 15 is 0 Å². The van der Waals surface area contributed by atoms with E-state index in [0.29, 0.717) is 30.4 Å². The fourth-order valence-corrected chi connectivity index (χ4v) is 3.61. The molecule has 31 heavy (non-hydrogen) atoms. The topological polar surface area (TPSA) is 99.5 Å². The lowest BCUT2D eigenvalue weighted by atomic mass is 10.1. The predicted octanol–water partition coefficient (Wildman–Crippen LogP) is 1.87. The minimum atomic E-state index is -0.630. The van der Waals surface area contributed by atoms with E-state index in [1.807, 2.05) is 24.3 Å². The number of nitrogens with one attached hydrogen (secondary N) is 1. The minimum absolute atomic E-state index is 0.0892. The number of amides is 1. The van der Waals surface area contributed by atoms with Gasteiger partial charge in [0.25, 0.3) is 11.5 Å². The molecule has 0 bridgehead atoms. The van der Waals surface area contributed by atoms with Crippen molar-refractivity contribution in [1.82, 2.24) is 14.9 Å². The molecule has 8 nitrogen and oxygen atoms in total. The summed E-state index contributed by atoms with van der Waals surface area (Å²) in [6.07, 6.45) is 2.29. The summed E-state index contributed by atoms with van der Waals surface area (Å²) in [4.78, 5) is 41.3. The van der Waals surface area contributed by atoms with Crippen LogP contribution in [0.5, 0.6) is 5.75 Å². The summed E-state index contributed by atoms with van der Waals surface area (Å²) in [7, 11) is 1.61. The first-order valence-electron chi connectivity index (χ1n) is 10.2. The molecule has 3 aromatic rings. The largest absolute Gasteiger partial charge is 0.497 e. The molecule has 0 unspecified atom stereocenters. The first kappa shape index (κ1) is 20.6. The van der Waals surface area contributed by atoms with Crippen LogP contribution in [-0.2, 0) is 28.9 Å². The van der Waals surface area contributed by atoms with E-state index in [1.165, 1.54) is 6.07 Å². The Hall–Kier alpha value is -3.68. The molecule has 2 aromatic carbocycles. The highest BCUT2D eigenvalue weighted by molar-refractivity contribution is 5.95. The van der Waals surface area contributed by atoms with Crippen molar-refractivity contribution < 1.29 is 19.1 Å². The molecule has 0 radical (unpaired) electrons. The van der Waals surface area contributed by atoms with Crippen LogP contribution in [0.3, 0.4) is 0 Å². The molecule has 0 atom stereocenters. The molecule has 2 heterocycles. The Bertz CT molecular complexity index is 1180. The summed E-state index contributed by atoms with van der Waals surface area (Å²) in [5, 5.41) is 3.20. The lowest BCUT2D eigenvalue weighted by Gasteiger charge is -2.08. The standard InChI is InChI=1S/C23H23N3O5/c1-30-17-7-4-15(5-8-17)10-11-24-21(27)14-31-23(29)16-6-9-18-19(13-16)25-20-3-2-12-26(20)22(18)28/h4-9,13H,2-3,10-12,14H2,1H3,(H,24,27). The number of nitrogens with zero attached hydrogens (tertiary/aromatic N) is 2. The fourth-order valence-electron chi connectivity index (χ4n) is 3.61. The van der Waals surface area contributed by atoms with Gasteiger partial charge in [0.1, 0.15) is 11.6 Å². The molecular formula is C23H23N3O5. The molecule has 0 spiro atoms. The number of hydrogen-bond acceptors (Lipinski definition) is 6. The third kappa shape index (κ3) is 4.58. The van der Waals surface area contributed by atoms with Crippen LogP contribution in [0.15, 0.2) is 47.3 Å². The molecule has 0 saturated carbocycles. The van der Waals surface area contributed by atoms with Crippen LogP contribution in [0, 0.1) is 0 Å². The van der Waals surface area contributed by atoms with Gasteiger partial charge >= 0.3 is 5.97 Å². The van der Waals surface area contributed by atoms with E-state index in [-0.39, 0.29) is 23.6 Å². The van der Waals surface area contributed by atoms with Crippen molar-refractivity contribution >= 4 is 22.8 Å². The van der Waals surface area contributed by atoms with Gasteiger partial charge in [-0.1, -0.05) is 12.1 Å². The Kier molecular flexibility index (Phi) is 5.97. The van der Waals surface area contributed by atoms with Crippen molar-refractivity contribution in [1.29, 1.82) is 0 Å². The number of methoxy groups -OCH3 is 1. The first-order chi connectivity index (χ1) is 15.0. The molecule has 1 aliphatic rings. The lowest BCUT2D eigenvalue weighted by molar-refractivity contribution is -0.124. The monoisotopic (exact) mass is 421 g/mol. The summed E-state index contributed by atoms with van der Waals surface area (Å²) in [5.74, 6) is 0.504. The van der Waals surface area contributed by atoms with E-state index in [2.05, 4.69) is 10.3 Å². The minimum Gasteiger partial charge on any atom is -0.497 e. The van der Waals surface area contributed by atoms with E-state index in [0.717, 1.165) is 30.0 Å². The quantitative estimate of drug-likeness (QED) is 0.585. The second-order valence-corrected chi connectivity index (χ2v) is 7.34. The molecule has 0 fully saturated rings. The lowest BCUT2D eigenvalue weighted by Crippen LogP contribution is -2.30. The van der Waals surface area contributed by atoms with Crippen LogP contribution in [0.25, 0.3) is 10.9 Å².